The van der Waals surface area contributed by atoms with Gasteiger partial charge in [0.1, 0.15) is 5.82 Å². The summed E-state index contributed by atoms with van der Waals surface area (Å²) in [4.78, 5) is 4.36. The van der Waals surface area contributed by atoms with Gasteiger partial charge in [0.25, 0.3) is 0 Å². The number of methoxy groups -OCH3 is 1. The number of nitrogens with zero attached hydrogens (tertiary/aromatic N) is 2. The summed E-state index contributed by atoms with van der Waals surface area (Å²) < 4.78 is 7.61. The predicted octanol–water partition coefficient (Wildman–Crippen LogP) is 1.09. The van der Waals surface area contributed by atoms with Crippen LogP contribution in [0.5, 0.6) is 0 Å². The van der Waals surface area contributed by atoms with Crippen LogP contribution in [0.4, 0.5) is 0 Å². The van der Waals surface area contributed by atoms with E-state index in [1.54, 1.807) is 7.11 Å². The van der Waals surface area contributed by atoms with Crippen molar-refractivity contribution in [3.8, 4) is 0 Å². The van der Waals surface area contributed by atoms with Crippen LogP contribution in [-0.4, -0.2) is 28.8 Å². The van der Waals surface area contributed by atoms with E-state index in [1.807, 2.05) is 12.4 Å². The second-order valence-electron chi connectivity index (χ2n) is 4.17. The van der Waals surface area contributed by atoms with Gasteiger partial charge < -0.3 is 9.30 Å². The topological polar surface area (TPSA) is 65.1 Å². The van der Waals surface area contributed by atoms with Crippen LogP contribution in [-0.2, 0) is 17.7 Å². The minimum Gasteiger partial charge on any atom is -0.380 e. The van der Waals surface area contributed by atoms with Crippen molar-refractivity contribution < 1.29 is 4.74 Å². The predicted molar refractivity (Wildman–Crippen MR) is 68.4 cm³/mol. The summed E-state index contributed by atoms with van der Waals surface area (Å²) in [5, 5.41) is 0. The van der Waals surface area contributed by atoms with Gasteiger partial charge in [-0.3, -0.25) is 11.3 Å². The van der Waals surface area contributed by atoms with E-state index in [9.17, 15) is 0 Å². The van der Waals surface area contributed by atoms with Crippen molar-refractivity contribution in [1.29, 1.82) is 0 Å². The normalized spacial score (nSPS) is 14.8. The molecule has 0 aromatic carbocycles. The minimum absolute atomic E-state index is 0.104. The van der Waals surface area contributed by atoms with E-state index >= 15 is 0 Å². The van der Waals surface area contributed by atoms with Crippen LogP contribution in [0.3, 0.4) is 0 Å². The van der Waals surface area contributed by atoms with Crippen LogP contribution in [0, 0.1) is 0 Å². The van der Waals surface area contributed by atoms with E-state index in [-0.39, 0.29) is 12.1 Å². The average molecular weight is 240 g/mol. The molecule has 5 heteroatoms. The molecule has 3 N–H and O–H groups in total. The molecule has 0 amide bonds. The Morgan fingerprint density at radius 1 is 1.53 bits per heavy atom. The van der Waals surface area contributed by atoms with E-state index in [1.165, 1.54) is 0 Å². The Hall–Kier alpha value is -0.910. The first-order valence-corrected chi connectivity index (χ1v) is 6.25. The fourth-order valence-electron chi connectivity index (χ4n) is 2.08. The van der Waals surface area contributed by atoms with Crippen LogP contribution < -0.4 is 11.3 Å². The van der Waals surface area contributed by atoms with Crippen molar-refractivity contribution in [2.75, 3.05) is 7.11 Å². The summed E-state index contributed by atoms with van der Waals surface area (Å²) in [6, 6.07) is 0.104. The van der Waals surface area contributed by atoms with Gasteiger partial charge in [-0.1, -0.05) is 13.3 Å². The van der Waals surface area contributed by atoms with Gasteiger partial charge in [-0.05, 0) is 13.3 Å². The van der Waals surface area contributed by atoms with Crippen molar-refractivity contribution in [3.63, 3.8) is 0 Å². The van der Waals surface area contributed by atoms with Crippen molar-refractivity contribution >= 4 is 0 Å². The molecule has 0 aliphatic heterocycles. The van der Waals surface area contributed by atoms with Crippen LogP contribution >= 0.6 is 0 Å². The molecule has 0 saturated heterocycles. The lowest BCUT2D eigenvalue weighted by molar-refractivity contribution is 0.0600. The Bertz CT molecular complexity index is 313. The number of nitrogens with one attached hydrogen (secondary N) is 1. The Kier molecular flexibility index (Phi) is 6.18. The highest BCUT2D eigenvalue weighted by Gasteiger charge is 2.21. The molecule has 0 spiro atoms. The highest BCUT2D eigenvalue weighted by atomic mass is 16.5. The summed E-state index contributed by atoms with van der Waals surface area (Å²) >= 11 is 0. The van der Waals surface area contributed by atoms with E-state index < -0.39 is 0 Å². The van der Waals surface area contributed by atoms with Crippen LogP contribution in [0.25, 0.3) is 0 Å². The summed E-state index contributed by atoms with van der Waals surface area (Å²) in [7, 11) is 1.73. The molecule has 2 atom stereocenters. The molecular weight excluding hydrogens is 216 g/mol. The maximum Gasteiger partial charge on any atom is 0.110 e. The third-order valence-corrected chi connectivity index (χ3v) is 3.08. The molecule has 0 aliphatic carbocycles. The van der Waals surface area contributed by atoms with Crippen LogP contribution in [0.1, 0.15) is 32.5 Å². The van der Waals surface area contributed by atoms with Gasteiger partial charge in [-0.2, -0.15) is 0 Å². The largest absolute Gasteiger partial charge is 0.380 e. The number of aromatic nitrogens is 2. The number of hydrogen-bond acceptors (Lipinski definition) is 4. The second-order valence-corrected chi connectivity index (χ2v) is 4.17. The van der Waals surface area contributed by atoms with Gasteiger partial charge in [0.15, 0.2) is 0 Å². The zero-order valence-electron chi connectivity index (χ0n) is 11.0. The first kappa shape index (κ1) is 14.2. The smallest absolute Gasteiger partial charge is 0.110 e. The number of aryl methyl sites for hydroxylation is 1. The molecule has 1 aromatic heterocycles. The highest BCUT2D eigenvalue weighted by Crippen LogP contribution is 2.11. The Morgan fingerprint density at radius 2 is 2.29 bits per heavy atom. The molecular formula is C12H24N4O. The van der Waals surface area contributed by atoms with Crippen molar-refractivity contribution in [3.05, 3.63) is 18.2 Å². The fraction of sp³-hybridized carbons (Fsp3) is 0.750. The molecule has 0 fully saturated rings. The summed E-state index contributed by atoms with van der Waals surface area (Å²) in [5.41, 5.74) is 2.85. The van der Waals surface area contributed by atoms with Gasteiger partial charge in [0.05, 0.1) is 12.1 Å². The lowest BCUT2D eigenvalue weighted by Gasteiger charge is -2.25. The Morgan fingerprint density at radius 3 is 2.82 bits per heavy atom. The van der Waals surface area contributed by atoms with E-state index in [0.717, 1.165) is 31.6 Å². The second kappa shape index (κ2) is 7.42. The van der Waals surface area contributed by atoms with Gasteiger partial charge in [0.2, 0.25) is 0 Å². The number of ether oxygens (including phenoxy) is 1. The maximum absolute atomic E-state index is 5.62. The molecule has 1 aromatic rings. The summed E-state index contributed by atoms with van der Waals surface area (Å²) in [6.07, 6.45) is 6.82. The van der Waals surface area contributed by atoms with Crippen LogP contribution in [0.15, 0.2) is 12.4 Å². The molecule has 1 rings (SSSR count). The molecule has 5 nitrogen and oxygen atoms in total. The van der Waals surface area contributed by atoms with Crippen molar-refractivity contribution in [2.24, 2.45) is 5.84 Å². The molecule has 98 valence electrons. The number of rotatable bonds is 8. The molecule has 1 heterocycles. The van der Waals surface area contributed by atoms with Gasteiger partial charge >= 0.3 is 0 Å². The SMILES string of the molecule is CCCC(OC)C(Cc1nccn1CC)NN. The fourth-order valence-corrected chi connectivity index (χ4v) is 2.08. The number of nitrogens with two attached hydrogens (primary N) is 1. The standard InChI is InChI=1S/C12H24N4O/c1-4-6-11(17-3)10(15-13)9-12-14-7-8-16(12)5-2/h7-8,10-11,15H,4-6,9,13H2,1-3H3. The molecule has 17 heavy (non-hydrogen) atoms. The third kappa shape index (κ3) is 3.80. The summed E-state index contributed by atoms with van der Waals surface area (Å²) in [5.74, 6) is 6.67. The average Bonchev–Trinajstić information content (AvgIpc) is 2.80. The van der Waals surface area contributed by atoms with E-state index in [0.29, 0.717) is 0 Å². The monoisotopic (exact) mass is 240 g/mol. The lowest BCUT2D eigenvalue weighted by atomic mass is 10.0. The van der Waals surface area contributed by atoms with Gasteiger partial charge in [-0.25, -0.2) is 4.98 Å². The minimum atomic E-state index is 0.104. The van der Waals surface area contributed by atoms with Crippen molar-refractivity contribution in [1.82, 2.24) is 15.0 Å². The third-order valence-electron chi connectivity index (χ3n) is 3.08. The van der Waals surface area contributed by atoms with Gasteiger partial charge in [0, 0.05) is 32.5 Å². The zero-order valence-corrected chi connectivity index (χ0v) is 11.0. The maximum atomic E-state index is 5.62. The van der Waals surface area contributed by atoms with Crippen LogP contribution in [0.2, 0.25) is 0 Å². The molecule has 2 unspecified atom stereocenters. The molecule has 0 saturated carbocycles. The zero-order chi connectivity index (χ0) is 12.7. The summed E-state index contributed by atoms with van der Waals surface area (Å²) in [6.45, 7) is 5.18. The van der Waals surface area contributed by atoms with Crippen molar-refractivity contribution in [2.45, 2.75) is 51.8 Å². The number of imidazole rings is 1. The first-order valence-electron chi connectivity index (χ1n) is 6.25. The van der Waals surface area contributed by atoms with E-state index in [2.05, 4.69) is 28.8 Å². The number of hydrogen-bond donors (Lipinski definition) is 2. The molecule has 0 radical (unpaired) electrons. The first-order chi connectivity index (χ1) is 8.26. The van der Waals surface area contributed by atoms with E-state index in [4.69, 9.17) is 10.6 Å². The highest BCUT2D eigenvalue weighted by molar-refractivity contribution is 4.97. The quantitative estimate of drug-likeness (QED) is 0.527. The lowest BCUT2D eigenvalue weighted by Crippen LogP contribution is -2.46. The number of hydrazine groups is 1. The molecule has 0 bridgehead atoms. The Balaban J connectivity index is 2.68. The van der Waals surface area contributed by atoms with Gasteiger partial charge in [-0.15, -0.1) is 0 Å². The Labute approximate surface area is 103 Å². The molecule has 0 aliphatic rings.